The molecule has 0 aromatic carbocycles. The zero-order valence-electron chi connectivity index (χ0n) is 5.86. The monoisotopic (exact) mass is 162 g/mol. The minimum atomic E-state index is -1.04. The Balaban J connectivity index is 3.60. The van der Waals surface area contributed by atoms with Crippen molar-refractivity contribution in [2.45, 2.75) is 6.42 Å². The fraction of sp³-hybridized carbons (Fsp3) is 0.600. The molecule has 0 atom stereocenters. The van der Waals surface area contributed by atoms with Crippen LogP contribution in [0, 0.1) is 0 Å². The molecule has 0 heterocycles. The van der Waals surface area contributed by atoms with Gasteiger partial charge in [-0.2, -0.15) is 0 Å². The summed E-state index contributed by atoms with van der Waals surface area (Å²) in [4.78, 5) is 20.4. The van der Waals surface area contributed by atoms with E-state index in [0.29, 0.717) is 5.01 Å². The molecule has 0 unspecified atom stereocenters. The molecule has 0 spiro atoms. The van der Waals surface area contributed by atoms with E-state index in [0.717, 1.165) is 0 Å². The Morgan fingerprint density at radius 2 is 2.00 bits per heavy atom. The quantitative estimate of drug-likeness (QED) is 0.256. The van der Waals surface area contributed by atoms with Gasteiger partial charge in [0.2, 0.25) is 0 Å². The highest BCUT2D eigenvalue weighted by Gasteiger charge is 2.08. The van der Waals surface area contributed by atoms with Crippen LogP contribution in [-0.4, -0.2) is 40.3 Å². The first-order valence-electron chi connectivity index (χ1n) is 2.95. The van der Waals surface area contributed by atoms with Crippen molar-refractivity contribution < 1.29 is 19.8 Å². The molecule has 0 fully saturated rings. The fourth-order valence-corrected chi connectivity index (χ4v) is 0.432. The molecule has 6 heteroatoms. The summed E-state index contributed by atoms with van der Waals surface area (Å²) in [5, 5.41) is 17.1. The number of aliphatic hydroxyl groups is 1. The van der Waals surface area contributed by atoms with Gasteiger partial charge in [-0.05, 0) is 0 Å². The van der Waals surface area contributed by atoms with Crippen molar-refractivity contribution in [1.29, 1.82) is 0 Å². The van der Waals surface area contributed by atoms with E-state index in [1.165, 1.54) is 0 Å². The molecular formula is C5H10N2O4. The molecule has 0 aromatic rings. The largest absolute Gasteiger partial charge is 0.481 e. The van der Waals surface area contributed by atoms with Crippen molar-refractivity contribution in [2.24, 2.45) is 5.84 Å². The van der Waals surface area contributed by atoms with Crippen LogP contribution in [0.4, 0.5) is 0 Å². The molecule has 6 nitrogen and oxygen atoms in total. The summed E-state index contributed by atoms with van der Waals surface area (Å²) in [6.45, 7) is -0.787. The third kappa shape index (κ3) is 4.29. The number of aliphatic carboxylic acids is 1. The van der Waals surface area contributed by atoms with E-state index in [-0.39, 0.29) is 13.0 Å². The summed E-state index contributed by atoms with van der Waals surface area (Å²) in [6, 6.07) is 0. The number of amides is 1. The number of carbonyl (C=O) groups excluding carboxylic acids is 1. The Morgan fingerprint density at radius 3 is 2.36 bits per heavy atom. The molecule has 11 heavy (non-hydrogen) atoms. The molecule has 0 aliphatic rings. The van der Waals surface area contributed by atoms with Crippen molar-refractivity contribution in [2.75, 3.05) is 13.2 Å². The molecule has 0 rings (SSSR count). The van der Waals surface area contributed by atoms with E-state index in [9.17, 15) is 9.59 Å². The lowest BCUT2D eigenvalue weighted by molar-refractivity contribution is -0.139. The summed E-state index contributed by atoms with van der Waals surface area (Å²) in [7, 11) is 0. The lowest BCUT2D eigenvalue weighted by Crippen LogP contribution is -2.40. The Bertz CT molecular complexity index is 159. The van der Waals surface area contributed by atoms with E-state index in [1.807, 2.05) is 0 Å². The van der Waals surface area contributed by atoms with Crippen LogP contribution in [-0.2, 0) is 9.59 Å². The highest BCUT2D eigenvalue weighted by molar-refractivity contribution is 5.77. The second-order valence-electron chi connectivity index (χ2n) is 1.89. The van der Waals surface area contributed by atoms with E-state index in [4.69, 9.17) is 16.1 Å². The molecular weight excluding hydrogens is 152 g/mol. The zero-order chi connectivity index (χ0) is 8.85. The summed E-state index contributed by atoms with van der Waals surface area (Å²) in [5.41, 5.74) is 0. The van der Waals surface area contributed by atoms with Gasteiger partial charge >= 0.3 is 5.97 Å². The molecule has 0 saturated heterocycles. The van der Waals surface area contributed by atoms with Crippen molar-refractivity contribution >= 4 is 11.9 Å². The maximum atomic E-state index is 10.5. The lowest BCUT2D eigenvalue weighted by Gasteiger charge is -2.12. The number of nitrogens with zero attached hydrogens (tertiary/aromatic N) is 1. The first-order chi connectivity index (χ1) is 5.07. The van der Waals surface area contributed by atoms with Gasteiger partial charge in [0.15, 0.2) is 0 Å². The zero-order valence-corrected chi connectivity index (χ0v) is 5.86. The standard InChI is InChI=1S/C5H10N2O4/c6-7(4(9)3-8)2-1-5(10)11/h8H,1-3,6H2,(H,10,11). The van der Waals surface area contributed by atoms with Crippen LogP contribution in [0.5, 0.6) is 0 Å². The number of hydrogen-bond acceptors (Lipinski definition) is 4. The minimum absolute atomic E-state index is 0.0886. The summed E-state index contributed by atoms with van der Waals surface area (Å²) >= 11 is 0. The summed E-state index contributed by atoms with van der Waals surface area (Å²) in [5.74, 6) is 3.31. The Morgan fingerprint density at radius 1 is 1.45 bits per heavy atom. The smallest absolute Gasteiger partial charge is 0.305 e. The van der Waals surface area contributed by atoms with E-state index in [1.54, 1.807) is 0 Å². The van der Waals surface area contributed by atoms with Crippen molar-refractivity contribution in [1.82, 2.24) is 5.01 Å². The number of hydrazine groups is 1. The van der Waals surface area contributed by atoms with E-state index >= 15 is 0 Å². The topological polar surface area (TPSA) is 104 Å². The third-order valence-electron chi connectivity index (χ3n) is 1.02. The van der Waals surface area contributed by atoms with Gasteiger partial charge < -0.3 is 10.2 Å². The minimum Gasteiger partial charge on any atom is -0.481 e. The second-order valence-corrected chi connectivity index (χ2v) is 1.89. The first kappa shape index (κ1) is 9.86. The van der Waals surface area contributed by atoms with Gasteiger partial charge in [-0.3, -0.25) is 14.6 Å². The number of hydrogen-bond donors (Lipinski definition) is 3. The van der Waals surface area contributed by atoms with Crippen molar-refractivity contribution in [3.8, 4) is 0 Å². The van der Waals surface area contributed by atoms with Crippen LogP contribution < -0.4 is 5.84 Å². The Hall–Kier alpha value is -1.14. The van der Waals surface area contributed by atoms with Gasteiger partial charge in [-0.1, -0.05) is 0 Å². The van der Waals surface area contributed by atoms with Crippen LogP contribution in [0.15, 0.2) is 0 Å². The number of nitrogens with two attached hydrogens (primary N) is 1. The van der Waals surface area contributed by atoms with Gasteiger partial charge in [0.05, 0.1) is 6.42 Å². The predicted molar refractivity (Wildman–Crippen MR) is 35.2 cm³/mol. The molecule has 64 valence electrons. The molecule has 0 aromatic heterocycles. The predicted octanol–water partition coefficient (Wildman–Crippen LogP) is -1.84. The normalized spacial score (nSPS) is 9.27. The highest BCUT2D eigenvalue weighted by Crippen LogP contribution is 1.84. The maximum absolute atomic E-state index is 10.5. The third-order valence-corrected chi connectivity index (χ3v) is 1.02. The van der Waals surface area contributed by atoms with Gasteiger partial charge in [0.1, 0.15) is 6.61 Å². The van der Waals surface area contributed by atoms with Crippen LogP contribution >= 0.6 is 0 Å². The van der Waals surface area contributed by atoms with Gasteiger partial charge in [-0.25, -0.2) is 5.84 Å². The van der Waals surface area contributed by atoms with Crippen molar-refractivity contribution in [3.05, 3.63) is 0 Å². The molecule has 1 amide bonds. The maximum Gasteiger partial charge on any atom is 0.305 e. The number of rotatable bonds is 4. The molecule has 0 saturated carbocycles. The summed E-state index contributed by atoms with van der Waals surface area (Å²) < 4.78 is 0. The number of carbonyl (C=O) groups is 2. The van der Waals surface area contributed by atoms with Gasteiger partial charge in [0.25, 0.3) is 5.91 Å². The fourth-order valence-electron chi connectivity index (χ4n) is 0.432. The average molecular weight is 162 g/mol. The number of aliphatic hydroxyl groups excluding tert-OH is 1. The number of carboxylic acid groups (broad SMARTS) is 1. The SMILES string of the molecule is NN(CCC(=O)O)C(=O)CO. The molecule has 0 radical (unpaired) electrons. The first-order valence-corrected chi connectivity index (χ1v) is 2.95. The van der Waals surface area contributed by atoms with E-state index in [2.05, 4.69) is 0 Å². The second kappa shape index (κ2) is 4.64. The highest BCUT2D eigenvalue weighted by atomic mass is 16.4. The molecule has 0 bridgehead atoms. The Kier molecular flexibility index (Phi) is 4.16. The van der Waals surface area contributed by atoms with Crippen LogP contribution in [0.1, 0.15) is 6.42 Å². The lowest BCUT2D eigenvalue weighted by atomic mass is 10.4. The van der Waals surface area contributed by atoms with Crippen LogP contribution in [0.2, 0.25) is 0 Å². The van der Waals surface area contributed by atoms with Crippen LogP contribution in [0.3, 0.4) is 0 Å². The van der Waals surface area contributed by atoms with Gasteiger partial charge in [0, 0.05) is 6.54 Å². The molecule has 4 N–H and O–H groups in total. The Labute approximate surface area is 63.2 Å². The molecule has 0 aliphatic heterocycles. The summed E-state index contributed by atoms with van der Waals surface area (Å²) in [6.07, 6.45) is -0.220. The molecule has 0 aliphatic carbocycles. The van der Waals surface area contributed by atoms with Crippen LogP contribution in [0.25, 0.3) is 0 Å². The van der Waals surface area contributed by atoms with Gasteiger partial charge in [-0.15, -0.1) is 0 Å². The average Bonchev–Trinajstić information content (AvgIpc) is 1.98. The van der Waals surface area contributed by atoms with E-state index < -0.39 is 18.5 Å². The van der Waals surface area contributed by atoms with Crippen molar-refractivity contribution in [3.63, 3.8) is 0 Å². The number of carboxylic acids is 1.